The normalized spacial score (nSPS) is 15.0. The maximum Gasteiger partial charge on any atom is 0.186 e. The topological polar surface area (TPSA) is 58.8 Å². The van der Waals surface area contributed by atoms with Gasteiger partial charge in [-0.3, -0.25) is 0 Å². The van der Waals surface area contributed by atoms with Crippen molar-refractivity contribution in [3.05, 3.63) is 42.2 Å². The van der Waals surface area contributed by atoms with Crippen LogP contribution in [0.5, 0.6) is 5.75 Å². The molecule has 3 aromatic heterocycles. The van der Waals surface area contributed by atoms with Gasteiger partial charge in [0, 0.05) is 44.0 Å². The van der Waals surface area contributed by atoms with Gasteiger partial charge in [-0.25, -0.2) is 9.97 Å². The second kappa shape index (κ2) is 6.38. The van der Waals surface area contributed by atoms with Gasteiger partial charge in [0.15, 0.2) is 10.8 Å². The molecule has 0 spiro atoms. The zero-order chi connectivity index (χ0) is 18.4. The predicted octanol–water partition coefficient (Wildman–Crippen LogP) is 2.98. The van der Waals surface area contributed by atoms with E-state index in [1.54, 1.807) is 24.6 Å². The quantitative estimate of drug-likeness (QED) is 0.545. The highest BCUT2D eigenvalue weighted by Gasteiger charge is 2.22. The summed E-state index contributed by atoms with van der Waals surface area (Å²) in [7, 11) is 1.69. The van der Waals surface area contributed by atoms with Crippen molar-refractivity contribution >= 4 is 38.2 Å². The number of para-hydroxylation sites is 1. The third-order valence-electron chi connectivity index (χ3n) is 4.93. The van der Waals surface area contributed by atoms with Gasteiger partial charge in [-0.2, -0.15) is 9.61 Å². The zero-order valence-electron chi connectivity index (χ0n) is 15.3. The Balaban J connectivity index is 1.39. The van der Waals surface area contributed by atoms with E-state index in [9.17, 15) is 0 Å². The summed E-state index contributed by atoms with van der Waals surface area (Å²) in [5.74, 6) is 1.94. The number of aryl methyl sites for hydroxylation is 1. The first-order valence-electron chi connectivity index (χ1n) is 8.98. The molecule has 0 N–H and O–H groups in total. The lowest BCUT2D eigenvalue weighted by Gasteiger charge is -2.35. The van der Waals surface area contributed by atoms with Crippen LogP contribution in [0.2, 0.25) is 0 Å². The number of piperazine rings is 1. The van der Waals surface area contributed by atoms with Crippen LogP contribution in [0.1, 0.15) is 5.69 Å². The Kier molecular flexibility index (Phi) is 3.86. The first kappa shape index (κ1) is 16.3. The van der Waals surface area contributed by atoms with E-state index in [1.165, 1.54) is 0 Å². The molecule has 5 rings (SSSR count). The fourth-order valence-electron chi connectivity index (χ4n) is 3.58. The van der Waals surface area contributed by atoms with Gasteiger partial charge < -0.3 is 14.5 Å². The highest BCUT2D eigenvalue weighted by Crippen LogP contribution is 2.34. The van der Waals surface area contributed by atoms with E-state index in [0.29, 0.717) is 0 Å². The van der Waals surface area contributed by atoms with Crippen LogP contribution in [-0.2, 0) is 0 Å². The van der Waals surface area contributed by atoms with Crippen molar-refractivity contribution in [3.8, 4) is 5.75 Å². The number of ether oxygens (including phenoxy) is 1. The Morgan fingerprint density at radius 1 is 1.04 bits per heavy atom. The van der Waals surface area contributed by atoms with Gasteiger partial charge in [-0.15, -0.1) is 0 Å². The molecule has 0 unspecified atom stereocenters. The molecule has 0 amide bonds. The lowest BCUT2D eigenvalue weighted by molar-refractivity contribution is 0.419. The van der Waals surface area contributed by atoms with E-state index >= 15 is 0 Å². The number of fused-ring (bicyclic) bond motifs is 2. The number of aromatic nitrogens is 4. The minimum atomic E-state index is 0.835. The molecular weight excluding hydrogens is 360 g/mol. The van der Waals surface area contributed by atoms with Crippen molar-refractivity contribution in [3.63, 3.8) is 0 Å². The summed E-state index contributed by atoms with van der Waals surface area (Å²) in [6.45, 7) is 5.72. The Labute approximate surface area is 160 Å². The maximum atomic E-state index is 5.45. The van der Waals surface area contributed by atoms with Gasteiger partial charge in [0.05, 0.1) is 18.0 Å². The van der Waals surface area contributed by atoms with Crippen molar-refractivity contribution < 1.29 is 4.74 Å². The van der Waals surface area contributed by atoms with Gasteiger partial charge in [0.1, 0.15) is 17.1 Å². The Hall–Kier alpha value is -2.87. The Morgan fingerprint density at radius 3 is 2.67 bits per heavy atom. The average molecular weight is 380 g/mol. The van der Waals surface area contributed by atoms with E-state index < -0.39 is 0 Å². The standard InChI is InChI=1S/C19H20N6OS/c1-13-12-17(25-16(21-13)6-7-20-25)23-8-10-24(11-9-23)19-22-18-14(26-2)4-3-5-15(18)27-19/h3-7,12H,8-11H2,1-2H3. The molecule has 0 aliphatic carbocycles. The fraction of sp³-hybridized carbons (Fsp3) is 0.316. The number of benzene rings is 1. The molecule has 7 nitrogen and oxygen atoms in total. The van der Waals surface area contributed by atoms with Crippen molar-refractivity contribution in [2.45, 2.75) is 6.92 Å². The molecule has 1 saturated heterocycles. The molecule has 8 heteroatoms. The van der Waals surface area contributed by atoms with E-state index in [0.717, 1.165) is 64.4 Å². The summed E-state index contributed by atoms with van der Waals surface area (Å²) in [4.78, 5) is 14.1. The van der Waals surface area contributed by atoms with Gasteiger partial charge >= 0.3 is 0 Å². The van der Waals surface area contributed by atoms with E-state index in [2.05, 4.69) is 32.0 Å². The lowest BCUT2D eigenvalue weighted by Crippen LogP contribution is -2.47. The smallest absolute Gasteiger partial charge is 0.186 e. The number of nitrogens with zero attached hydrogens (tertiary/aromatic N) is 6. The van der Waals surface area contributed by atoms with Crippen LogP contribution in [0.4, 0.5) is 10.9 Å². The third-order valence-corrected chi connectivity index (χ3v) is 6.01. The fourth-order valence-corrected chi connectivity index (χ4v) is 4.62. The van der Waals surface area contributed by atoms with Crippen LogP contribution in [0, 0.1) is 6.92 Å². The van der Waals surface area contributed by atoms with Gasteiger partial charge in [-0.05, 0) is 19.1 Å². The number of anilines is 2. The highest BCUT2D eigenvalue weighted by atomic mass is 32.1. The van der Waals surface area contributed by atoms with E-state index in [4.69, 9.17) is 9.72 Å². The number of hydrogen-bond donors (Lipinski definition) is 0. The summed E-state index contributed by atoms with van der Waals surface area (Å²) in [5.41, 5.74) is 2.86. The first-order chi connectivity index (χ1) is 13.2. The number of rotatable bonds is 3. The molecule has 0 atom stereocenters. The van der Waals surface area contributed by atoms with Crippen LogP contribution in [0.3, 0.4) is 0 Å². The molecule has 1 aliphatic heterocycles. The van der Waals surface area contributed by atoms with Crippen LogP contribution in [-0.4, -0.2) is 52.9 Å². The van der Waals surface area contributed by atoms with E-state index in [-0.39, 0.29) is 0 Å². The monoisotopic (exact) mass is 380 g/mol. The highest BCUT2D eigenvalue weighted by molar-refractivity contribution is 7.22. The molecule has 4 aromatic rings. The molecule has 0 bridgehead atoms. The molecule has 1 aromatic carbocycles. The van der Waals surface area contributed by atoms with Crippen LogP contribution < -0.4 is 14.5 Å². The van der Waals surface area contributed by atoms with Crippen LogP contribution in [0.15, 0.2) is 36.5 Å². The third kappa shape index (κ3) is 2.76. The minimum absolute atomic E-state index is 0.835. The number of methoxy groups -OCH3 is 1. The molecule has 1 aliphatic rings. The number of thiazole rings is 1. The SMILES string of the molecule is COc1cccc2sc(N3CCN(c4cc(C)nc5ccnn45)CC3)nc12. The zero-order valence-corrected chi connectivity index (χ0v) is 16.1. The van der Waals surface area contributed by atoms with Crippen molar-refractivity contribution in [1.82, 2.24) is 19.6 Å². The molecule has 0 saturated carbocycles. The van der Waals surface area contributed by atoms with Crippen molar-refractivity contribution in [2.75, 3.05) is 43.1 Å². The summed E-state index contributed by atoms with van der Waals surface area (Å²) in [6, 6.07) is 10.1. The largest absolute Gasteiger partial charge is 0.494 e. The molecular formula is C19H20N6OS. The summed E-state index contributed by atoms with van der Waals surface area (Å²) in [5, 5.41) is 5.49. The molecule has 1 fully saturated rings. The molecule has 138 valence electrons. The summed E-state index contributed by atoms with van der Waals surface area (Å²) < 4.78 is 8.53. The number of hydrogen-bond acceptors (Lipinski definition) is 7. The summed E-state index contributed by atoms with van der Waals surface area (Å²) in [6.07, 6.45) is 1.80. The Bertz CT molecular complexity index is 1110. The lowest BCUT2D eigenvalue weighted by atomic mass is 10.3. The first-order valence-corrected chi connectivity index (χ1v) is 9.79. The Morgan fingerprint density at radius 2 is 1.85 bits per heavy atom. The molecule has 27 heavy (non-hydrogen) atoms. The van der Waals surface area contributed by atoms with Crippen molar-refractivity contribution in [2.24, 2.45) is 0 Å². The predicted molar refractivity (Wildman–Crippen MR) is 108 cm³/mol. The second-order valence-electron chi connectivity index (χ2n) is 6.63. The summed E-state index contributed by atoms with van der Waals surface area (Å²) >= 11 is 1.73. The van der Waals surface area contributed by atoms with E-state index in [1.807, 2.05) is 29.6 Å². The maximum absolute atomic E-state index is 5.45. The average Bonchev–Trinajstić information content (AvgIpc) is 3.33. The van der Waals surface area contributed by atoms with Gasteiger partial charge in [0.25, 0.3) is 0 Å². The molecule has 4 heterocycles. The van der Waals surface area contributed by atoms with Gasteiger partial charge in [0.2, 0.25) is 0 Å². The van der Waals surface area contributed by atoms with Crippen molar-refractivity contribution in [1.29, 1.82) is 0 Å². The molecule has 0 radical (unpaired) electrons. The van der Waals surface area contributed by atoms with Gasteiger partial charge in [-0.1, -0.05) is 17.4 Å². The minimum Gasteiger partial charge on any atom is -0.494 e. The van der Waals surface area contributed by atoms with Crippen LogP contribution >= 0.6 is 11.3 Å². The van der Waals surface area contributed by atoms with Crippen LogP contribution in [0.25, 0.3) is 15.9 Å². The second-order valence-corrected chi connectivity index (χ2v) is 7.64.